The Morgan fingerprint density at radius 1 is 1.50 bits per heavy atom. The Morgan fingerprint density at radius 2 is 2.21 bits per heavy atom. The maximum absolute atomic E-state index is 6.19. The number of likely N-dealkylation sites (N-methyl/N-ethyl adjacent to an activating group) is 1. The van der Waals surface area contributed by atoms with Crippen molar-refractivity contribution >= 4 is 11.6 Å². The maximum atomic E-state index is 6.19. The summed E-state index contributed by atoms with van der Waals surface area (Å²) in [6.07, 6.45) is 0. The van der Waals surface area contributed by atoms with Crippen LogP contribution < -0.4 is 5.73 Å². The Bertz CT molecular complexity index is 332. The van der Waals surface area contributed by atoms with Gasteiger partial charge in [-0.25, -0.2) is 0 Å². The highest BCUT2D eigenvalue weighted by Crippen LogP contribution is 2.31. The molecule has 2 rings (SSSR count). The highest BCUT2D eigenvalue weighted by atomic mass is 35.5. The van der Waals surface area contributed by atoms with Crippen LogP contribution in [0.5, 0.6) is 0 Å². The Kier molecular flexibility index (Phi) is 2.77. The summed E-state index contributed by atoms with van der Waals surface area (Å²) in [6, 6.07) is 6.16. The molecule has 0 amide bonds. The lowest BCUT2D eigenvalue weighted by molar-refractivity contribution is 0.190. The van der Waals surface area contributed by atoms with Crippen LogP contribution >= 0.6 is 11.6 Å². The van der Waals surface area contributed by atoms with Crippen molar-refractivity contribution in [2.75, 3.05) is 20.1 Å². The molecule has 3 heteroatoms. The molecule has 0 aliphatic carbocycles. The molecule has 2 N–H and O–H groups in total. The van der Waals surface area contributed by atoms with Crippen LogP contribution in [0.2, 0.25) is 5.02 Å². The molecule has 1 aliphatic heterocycles. The number of nitrogens with zero attached hydrogens (tertiary/aromatic N) is 1. The lowest BCUT2D eigenvalue weighted by atomic mass is 9.91. The van der Waals surface area contributed by atoms with Gasteiger partial charge in [-0.15, -0.1) is 0 Å². The van der Waals surface area contributed by atoms with Gasteiger partial charge in [0, 0.05) is 30.6 Å². The highest BCUT2D eigenvalue weighted by Gasteiger charge is 2.26. The van der Waals surface area contributed by atoms with Crippen LogP contribution in [0.3, 0.4) is 0 Å². The average molecular weight is 211 g/mol. The van der Waals surface area contributed by atoms with Gasteiger partial charge >= 0.3 is 0 Å². The Labute approximate surface area is 89.7 Å². The van der Waals surface area contributed by atoms with E-state index in [-0.39, 0.29) is 0 Å². The first-order valence-corrected chi connectivity index (χ1v) is 5.25. The van der Waals surface area contributed by atoms with Crippen molar-refractivity contribution in [3.05, 3.63) is 34.3 Å². The van der Waals surface area contributed by atoms with Gasteiger partial charge in [0.05, 0.1) is 0 Å². The van der Waals surface area contributed by atoms with Crippen molar-refractivity contribution in [1.29, 1.82) is 0 Å². The van der Waals surface area contributed by atoms with E-state index < -0.39 is 0 Å². The largest absolute Gasteiger partial charge is 0.326 e. The van der Waals surface area contributed by atoms with E-state index in [1.807, 2.05) is 6.07 Å². The zero-order chi connectivity index (χ0) is 10.1. The summed E-state index contributed by atoms with van der Waals surface area (Å²) in [7, 11) is 2.12. The van der Waals surface area contributed by atoms with Crippen LogP contribution in [0.15, 0.2) is 18.2 Å². The van der Waals surface area contributed by atoms with E-state index in [1.54, 1.807) is 0 Å². The third-order valence-corrected chi connectivity index (χ3v) is 3.13. The predicted molar refractivity (Wildman–Crippen MR) is 59.6 cm³/mol. The summed E-state index contributed by atoms with van der Waals surface area (Å²) in [6.45, 7) is 2.79. The second-order valence-electron chi connectivity index (χ2n) is 3.98. The van der Waals surface area contributed by atoms with Gasteiger partial charge in [-0.3, -0.25) is 0 Å². The molecule has 1 aliphatic rings. The fourth-order valence-electron chi connectivity index (χ4n) is 1.92. The quantitative estimate of drug-likeness (QED) is 0.807. The van der Waals surface area contributed by atoms with Crippen LogP contribution in [0.4, 0.5) is 0 Å². The molecule has 2 nitrogen and oxygen atoms in total. The third-order valence-electron chi connectivity index (χ3n) is 2.80. The second kappa shape index (κ2) is 3.89. The van der Waals surface area contributed by atoms with Crippen molar-refractivity contribution in [2.45, 2.75) is 12.5 Å². The first-order valence-electron chi connectivity index (χ1n) is 4.87. The van der Waals surface area contributed by atoms with Crippen LogP contribution in [-0.2, 0) is 6.54 Å². The maximum Gasteiger partial charge on any atom is 0.0445 e. The van der Waals surface area contributed by atoms with Crippen LogP contribution in [0.25, 0.3) is 0 Å². The van der Waals surface area contributed by atoms with Gasteiger partial charge in [0.1, 0.15) is 0 Å². The minimum Gasteiger partial charge on any atom is -0.326 e. The number of nitrogens with two attached hydrogens (primary N) is 1. The van der Waals surface area contributed by atoms with Crippen LogP contribution in [-0.4, -0.2) is 25.0 Å². The molecule has 1 aromatic carbocycles. The van der Waals surface area contributed by atoms with E-state index in [1.165, 1.54) is 5.56 Å². The van der Waals surface area contributed by atoms with Gasteiger partial charge in [0.2, 0.25) is 0 Å². The monoisotopic (exact) mass is 210 g/mol. The van der Waals surface area contributed by atoms with E-state index in [4.69, 9.17) is 17.3 Å². The molecule has 0 aromatic heterocycles. The molecular formula is C11H15ClN2. The van der Waals surface area contributed by atoms with Crippen LogP contribution in [0.1, 0.15) is 17.0 Å². The van der Waals surface area contributed by atoms with Gasteiger partial charge in [0.25, 0.3) is 0 Å². The number of benzene rings is 1. The van der Waals surface area contributed by atoms with E-state index in [0.717, 1.165) is 23.7 Å². The molecule has 1 fully saturated rings. The Hall–Kier alpha value is -0.570. The third kappa shape index (κ3) is 1.78. The summed E-state index contributed by atoms with van der Waals surface area (Å²) in [5.41, 5.74) is 7.92. The zero-order valence-corrected chi connectivity index (χ0v) is 9.09. The van der Waals surface area contributed by atoms with Crippen molar-refractivity contribution < 1.29 is 0 Å². The van der Waals surface area contributed by atoms with Crippen LogP contribution in [0, 0.1) is 0 Å². The molecule has 0 unspecified atom stereocenters. The summed E-state index contributed by atoms with van der Waals surface area (Å²) in [5, 5.41) is 0.867. The lowest BCUT2D eigenvalue weighted by Gasteiger charge is -2.37. The SMILES string of the molecule is CN1CC(c2ccc(CN)cc2Cl)C1. The standard InChI is InChI=1S/C11H15ClN2/c1-14-6-9(7-14)10-3-2-8(5-13)4-11(10)12/h2-4,9H,5-7,13H2,1H3. The molecule has 0 radical (unpaired) electrons. The summed E-state index contributed by atoms with van der Waals surface area (Å²) in [5.74, 6) is 0.610. The van der Waals surface area contributed by atoms with E-state index >= 15 is 0 Å². The summed E-state index contributed by atoms with van der Waals surface area (Å²) < 4.78 is 0. The molecule has 1 saturated heterocycles. The molecular weight excluding hydrogens is 196 g/mol. The molecule has 0 saturated carbocycles. The molecule has 14 heavy (non-hydrogen) atoms. The van der Waals surface area contributed by atoms with Gasteiger partial charge in [-0.05, 0) is 24.2 Å². The van der Waals surface area contributed by atoms with E-state index in [9.17, 15) is 0 Å². The number of likely N-dealkylation sites (tertiary alicyclic amines) is 1. The lowest BCUT2D eigenvalue weighted by Crippen LogP contribution is -2.41. The first-order chi connectivity index (χ1) is 6.70. The second-order valence-corrected chi connectivity index (χ2v) is 4.39. The number of hydrogen-bond donors (Lipinski definition) is 1. The molecule has 0 bridgehead atoms. The first kappa shape index (κ1) is 9.97. The van der Waals surface area contributed by atoms with Crippen molar-refractivity contribution in [1.82, 2.24) is 4.90 Å². The molecule has 0 spiro atoms. The van der Waals surface area contributed by atoms with Gasteiger partial charge in [-0.1, -0.05) is 23.7 Å². The number of rotatable bonds is 2. The highest BCUT2D eigenvalue weighted by molar-refractivity contribution is 6.31. The van der Waals surface area contributed by atoms with Crippen molar-refractivity contribution in [3.8, 4) is 0 Å². The van der Waals surface area contributed by atoms with E-state index in [2.05, 4.69) is 24.1 Å². The van der Waals surface area contributed by atoms with Gasteiger partial charge < -0.3 is 10.6 Å². The fraction of sp³-hybridized carbons (Fsp3) is 0.455. The smallest absolute Gasteiger partial charge is 0.0445 e. The van der Waals surface area contributed by atoms with Gasteiger partial charge in [0.15, 0.2) is 0 Å². The number of halogens is 1. The topological polar surface area (TPSA) is 29.3 Å². The molecule has 1 heterocycles. The van der Waals surface area contributed by atoms with Crippen molar-refractivity contribution in [3.63, 3.8) is 0 Å². The summed E-state index contributed by atoms with van der Waals surface area (Å²) >= 11 is 6.19. The Morgan fingerprint density at radius 3 is 2.71 bits per heavy atom. The van der Waals surface area contributed by atoms with E-state index in [0.29, 0.717) is 12.5 Å². The molecule has 0 atom stereocenters. The Balaban J connectivity index is 2.18. The molecule has 1 aromatic rings. The minimum absolute atomic E-state index is 0.560. The average Bonchev–Trinajstić information content (AvgIpc) is 2.13. The summed E-state index contributed by atoms with van der Waals surface area (Å²) in [4.78, 5) is 2.29. The van der Waals surface area contributed by atoms with Crippen molar-refractivity contribution in [2.24, 2.45) is 5.73 Å². The fourth-order valence-corrected chi connectivity index (χ4v) is 2.28. The molecule has 76 valence electrons. The normalized spacial score (nSPS) is 18.2. The zero-order valence-electron chi connectivity index (χ0n) is 8.33. The van der Waals surface area contributed by atoms with Gasteiger partial charge in [-0.2, -0.15) is 0 Å². The number of hydrogen-bond acceptors (Lipinski definition) is 2. The predicted octanol–water partition coefficient (Wildman–Crippen LogP) is 1.83. The minimum atomic E-state index is 0.560.